The maximum Gasteiger partial charge on any atom is 0.230 e. The van der Waals surface area contributed by atoms with E-state index in [1.807, 2.05) is 24.3 Å². The van der Waals surface area contributed by atoms with Gasteiger partial charge in [0.25, 0.3) is 0 Å². The van der Waals surface area contributed by atoms with Gasteiger partial charge in [0.2, 0.25) is 5.91 Å². The average Bonchev–Trinajstić information content (AvgIpc) is 2.68. The van der Waals surface area contributed by atoms with Gasteiger partial charge in [-0.1, -0.05) is 54.4 Å². The summed E-state index contributed by atoms with van der Waals surface area (Å²) in [5.41, 5.74) is 3.69. The summed E-state index contributed by atoms with van der Waals surface area (Å²) in [6, 6.07) is 16.2. The molecule has 0 atom stereocenters. The molecule has 27 heavy (non-hydrogen) atoms. The predicted molar refractivity (Wildman–Crippen MR) is 115 cm³/mol. The van der Waals surface area contributed by atoms with Gasteiger partial charge in [-0.3, -0.25) is 9.69 Å². The molecule has 0 spiro atoms. The summed E-state index contributed by atoms with van der Waals surface area (Å²) in [7, 11) is 0. The van der Waals surface area contributed by atoms with E-state index in [4.69, 9.17) is 11.6 Å². The zero-order valence-electron chi connectivity index (χ0n) is 15.6. The Bertz CT molecular complexity index is 747. The van der Waals surface area contributed by atoms with E-state index >= 15 is 0 Å². The molecular formula is C22H27ClN2OS. The third-order valence-electron chi connectivity index (χ3n) is 4.83. The van der Waals surface area contributed by atoms with Crippen molar-refractivity contribution < 1.29 is 4.79 Å². The Morgan fingerprint density at radius 1 is 1.04 bits per heavy atom. The van der Waals surface area contributed by atoms with Gasteiger partial charge in [-0.15, -0.1) is 11.8 Å². The highest BCUT2D eigenvalue weighted by Gasteiger charge is 2.12. The van der Waals surface area contributed by atoms with Crippen LogP contribution in [0.5, 0.6) is 0 Å². The number of hydrogen-bond acceptors (Lipinski definition) is 3. The smallest absolute Gasteiger partial charge is 0.230 e. The van der Waals surface area contributed by atoms with E-state index in [-0.39, 0.29) is 5.91 Å². The van der Waals surface area contributed by atoms with Gasteiger partial charge in [0, 0.05) is 23.9 Å². The van der Waals surface area contributed by atoms with Gasteiger partial charge in [-0.25, -0.2) is 0 Å². The fourth-order valence-corrected chi connectivity index (χ4v) is 4.39. The highest BCUT2D eigenvalue weighted by atomic mass is 35.5. The number of hydrogen-bond donors (Lipinski definition) is 1. The minimum Gasteiger partial charge on any atom is -0.351 e. The van der Waals surface area contributed by atoms with E-state index in [1.54, 1.807) is 11.8 Å². The van der Waals surface area contributed by atoms with Crippen molar-refractivity contribution in [2.75, 3.05) is 18.8 Å². The fourth-order valence-electron chi connectivity index (χ4n) is 3.38. The lowest BCUT2D eigenvalue weighted by atomic mass is 10.0. The molecule has 0 radical (unpaired) electrons. The number of halogens is 1. The van der Waals surface area contributed by atoms with Crippen molar-refractivity contribution in [1.82, 2.24) is 10.2 Å². The summed E-state index contributed by atoms with van der Waals surface area (Å²) in [5, 5.41) is 3.81. The summed E-state index contributed by atoms with van der Waals surface area (Å²) in [6.07, 6.45) is 3.94. The molecule has 1 amide bonds. The SMILES string of the molecule is O=C(CSCc1cccc(Cl)c1)NCc1ccccc1CN1CCCCC1. The normalized spacial score (nSPS) is 14.9. The molecule has 1 N–H and O–H groups in total. The van der Waals surface area contributed by atoms with Crippen LogP contribution < -0.4 is 5.32 Å². The van der Waals surface area contributed by atoms with Crippen molar-refractivity contribution >= 4 is 29.3 Å². The molecular weight excluding hydrogens is 376 g/mol. The monoisotopic (exact) mass is 402 g/mol. The maximum atomic E-state index is 12.2. The van der Waals surface area contributed by atoms with Crippen LogP contribution in [0.15, 0.2) is 48.5 Å². The van der Waals surface area contributed by atoms with E-state index < -0.39 is 0 Å². The molecule has 3 nitrogen and oxygen atoms in total. The highest BCUT2D eigenvalue weighted by Crippen LogP contribution is 2.18. The molecule has 2 aromatic carbocycles. The van der Waals surface area contributed by atoms with E-state index in [0.29, 0.717) is 12.3 Å². The van der Waals surface area contributed by atoms with Crippen molar-refractivity contribution in [3.63, 3.8) is 0 Å². The topological polar surface area (TPSA) is 32.3 Å². The third-order valence-corrected chi connectivity index (χ3v) is 6.07. The summed E-state index contributed by atoms with van der Waals surface area (Å²) in [5.74, 6) is 1.33. The number of carbonyl (C=O) groups excluding carboxylic acids is 1. The van der Waals surface area contributed by atoms with Gasteiger partial charge in [0.15, 0.2) is 0 Å². The van der Waals surface area contributed by atoms with Crippen LogP contribution in [0.1, 0.15) is 36.0 Å². The van der Waals surface area contributed by atoms with E-state index in [1.165, 1.54) is 43.5 Å². The van der Waals surface area contributed by atoms with Crippen LogP contribution in [0.2, 0.25) is 5.02 Å². The minimum absolute atomic E-state index is 0.0785. The quantitative estimate of drug-likeness (QED) is 0.683. The molecule has 1 saturated heterocycles. The van der Waals surface area contributed by atoms with Crippen LogP contribution in [0.4, 0.5) is 0 Å². The number of rotatable bonds is 8. The Labute approximate surface area is 171 Å². The van der Waals surface area contributed by atoms with Crippen LogP contribution in [0.3, 0.4) is 0 Å². The second-order valence-corrected chi connectivity index (χ2v) is 8.43. The molecule has 1 heterocycles. The Morgan fingerprint density at radius 3 is 2.59 bits per heavy atom. The number of thioether (sulfide) groups is 1. The van der Waals surface area contributed by atoms with Crippen LogP contribution in [-0.2, 0) is 23.6 Å². The lowest BCUT2D eigenvalue weighted by Gasteiger charge is -2.27. The predicted octanol–water partition coefficient (Wildman–Crippen LogP) is 4.88. The minimum atomic E-state index is 0.0785. The van der Waals surface area contributed by atoms with Crippen LogP contribution in [0.25, 0.3) is 0 Å². The zero-order chi connectivity index (χ0) is 18.9. The standard InChI is InChI=1S/C22H27ClN2OS/c23-21-10-6-7-18(13-21)16-27-17-22(26)24-14-19-8-2-3-9-20(19)15-25-11-4-1-5-12-25/h2-3,6-10,13H,1,4-5,11-12,14-17H2,(H,24,26). The van der Waals surface area contributed by atoms with Gasteiger partial charge >= 0.3 is 0 Å². The molecule has 0 aliphatic carbocycles. The Hall–Kier alpha value is -1.49. The molecule has 0 bridgehead atoms. The zero-order valence-corrected chi connectivity index (χ0v) is 17.2. The summed E-state index contributed by atoms with van der Waals surface area (Å²) in [6.45, 7) is 3.94. The number of nitrogens with zero attached hydrogens (tertiary/aromatic N) is 1. The number of piperidine rings is 1. The summed E-state index contributed by atoms with van der Waals surface area (Å²) >= 11 is 7.61. The molecule has 2 aromatic rings. The summed E-state index contributed by atoms with van der Waals surface area (Å²) in [4.78, 5) is 14.7. The van der Waals surface area contributed by atoms with Crippen molar-refractivity contribution in [2.45, 2.75) is 38.1 Å². The van der Waals surface area contributed by atoms with E-state index in [0.717, 1.165) is 22.9 Å². The van der Waals surface area contributed by atoms with Crippen molar-refractivity contribution in [3.8, 4) is 0 Å². The Kier molecular flexibility index (Phi) is 8.06. The first kappa shape index (κ1) is 20.2. The maximum absolute atomic E-state index is 12.2. The van der Waals surface area contributed by atoms with Crippen LogP contribution in [-0.4, -0.2) is 29.6 Å². The first-order chi connectivity index (χ1) is 13.2. The fraction of sp³-hybridized carbons (Fsp3) is 0.409. The lowest BCUT2D eigenvalue weighted by molar-refractivity contribution is -0.118. The van der Waals surface area contributed by atoms with E-state index in [2.05, 4.69) is 34.5 Å². The molecule has 144 valence electrons. The first-order valence-corrected chi connectivity index (χ1v) is 11.1. The van der Waals surface area contributed by atoms with E-state index in [9.17, 15) is 4.79 Å². The van der Waals surface area contributed by atoms with Crippen LogP contribution in [0, 0.1) is 0 Å². The number of amides is 1. The van der Waals surface area contributed by atoms with Gasteiger partial charge in [0.05, 0.1) is 5.75 Å². The molecule has 5 heteroatoms. The molecule has 0 saturated carbocycles. The molecule has 0 unspecified atom stereocenters. The third kappa shape index (κ3) is 6.87. The average molecular weight is 403 g/mol. The second-order valence-electron chi connectivity index (χ2n) is 7.00. The Balaban J connectivity index is 1.44. The van der Waals surface area contributed by atoms with Gasteiger partial charge in [-0.2, -0.15) is 0 Å². The number of carbonyl (C=O) groups is 1. The molecule has 1 aliphatic heterocycles. The van der Waals surface area contributed by atoms with Gasteiger partial charge in [-0.05, 0) is 54.8 Å². The second kappa shape index (κ2) is 10.7. The van der Waals surface area contributed by atoms with Crippen molar-refractivity contribution in [1.29, 1.82) is 0 Å². The molecule has 1 aliphatic rings. The molecule has 1 fully saturated rings. The summed E-state index contributed by atoms with van der Waals surface area (Å²) < 4.78 is 0. The molecule has 3 rings (SSSR count). The molecule has 0 aromatic heterocycles. The largest absolute Gasteiger partial charge is 0.351 e. The Morgan fingerprint density at radius 2 is 1.81 bits per heavy atom. The van der Waals surface area contributed by atoms with Crippen LogP contribution >= 0.6 is 23.4 Å². The highest BCUT2D eigenvalue weighted by molar-refractivity contribution is 7.99. The van der Waals surface area contributed by atoms with Crippen molar-refractivity contribution in [2.24, 2.45) is 0 Å². The van der Waals surface area contributed by atoms with Gasteiger partial charge in [0.1, 0.15) is 0 Å². The lowest BCUT2D eigenvalue weighted by Crippen LogP contribution is -2.30. The number of likely N-dealkylation sites (tertiary alicyclic amines) is 1. The van der Waals surface area contributed by atoms with Gasteiger partial charge < -0.3 is 5.32 Å². The van der Waals surface area contributed by atoms with Crippen molar-refractivity contribution in [3.05, 3.63) is 70.2 Å². The first-order valence-electron chi connectivity index (χ1n) is 9.59. The number of benzene rings is 2. The number of nitrogens with one attached hydrogen (secondary N) is 1.